The van der Waals surface area contributed by atoms with Crippen LogP contribution in [-0.4, -0.2) is 30.3 Å². The van der Waals surface area contributed by atoms with Crippen LogP contribution in [0.15, 0.2) is 47.6 Å². The number of amides is 1. The van der Waals surface area contributed by atoms with Gasteiger partial charge in [-0.3, -0.25) is 4.79 Å². The molecule has 0 aromatic heterocycles. The maximum absolute atomic E-state index is 11.9. The van der Waals surface area contributed by atoms with Crippen molar-refractivity contribution in [1.29, 1.82) is 0 Å². The number of carbonyl (C=O) groups is 2. The molecule has 0 bridgehead atoms. The fourth-order valence-electron chi connectivity index (χ4n) is 1.87. The standard InChI is InChI=1S/C17H16N2O4/c1-11-6-8-12(9-7-11)16(21)19-18-10-13-4-3-5-14(15(13)20)17(22)23-2/h3-10,20H,1-2H3,(H,19,21). The predicted octanol–water partition coefficient (Wildman–Crippen LogP) is 2.25. The monoisotopic (exact) mass is 312 g/mol. The third kappa shape index (κ3) is 3.94. The topological polar surface area (TPSA) is 88.0 Å². The van der Waals surface area contributed by atoms with E-state index >= 15 is 0 Å². The van der Waals surface area contributed by atoms with Crippen molar-refractivity contribution in [3.8, 4) is 5.75 Å². The van der Waals surface area contributed by atoms with E-state index in [1.165, 1.54) is 19.4 Å². The maximum Gasteiger partial charge on any atom is 0.341 e. The molecular formula is C17H16N2O4. The molecule has 2 aromatic carbocycles. The molecule has 0 spiro atoms. The third-order valence-electron chi connectivity index (χ3n) is 3.16. The maximum atomic E-state index is 11.9. The van der Waals surface area contributed by atoms with E-state index in [-0.39, 0.29) is 22.8 Å². The van der Waals surface area contributed by atoms with Crippen molar-refractivity contribution in [3.63, 3.8) is 0 Å². The van der Waals surface area contributed by atoms with Gasteiger partial charge < -0.3 is 9.84 Å². The molecule has 6 nitrogen and oxygen atoms in total. The number of phenols is 1. The summed E-state index contributed by atoms with van der Waals surface area (Å²) in [6.07, 6.45) is 1.26. The Bertz CT molecular complexity index is 752. The lowest BCUT2D eigenvalue weighted by atomic mass is 10.1. The molecule has 2 rings (SSSR count). The van der Waals surface area contributed by atoms with Gasteiger partial charge in [0.1, 0.15) is 11.3 Å². The number of hydrogen-bond donors (Lipinski definition) is 2. The van der Waals surface area contributed by atoms with Crippen molar-refractivity contribution in [2.75, 3.05) is 7.11 Å². The number of hydrogen-bond acceptors (Lipinski definition) is 5. The highest BCUT2D eigenvalue weighted by molar-refractivity contribution is 5.98. The third-order valence-corrected chi connectivity index (χ3v) is 3.16. The van der Waals surface area contributed by atoms with Gasteiger partial charge in [0.15, 0.2) is 0 Å². The lowest BCUT2D eigenvalue weighted by molar-refractivity contribution is 0.0597. The predicted molar refractivity (Wildman–Crippen MR) is 85.7 cm³/mol. The van der Waals surface area contributed by atoms with Gasteiger partial charge in [0.05, 0.1) is 13.3 Å². The van der Waals surface area contributed by atoms with Crippen molar-refractivity contribution in [3.05, 3.63) is 64.7 Å². The zero-order valence-corrected chi connectivity index (χ0v) is 12.7. The van der Waals surface area contributed by atoms with Crippen molar-refractivity contribution >= 4 is 18.1 Å². The van der Waals surface area contributed by atoms with Gasteiger partial charge in [0.25, 0.3) is 5.91 Å². The van der Waals surface area contributed by atoms with E-state index in [1.54, 1.807) is 24.3 Å². The summed E-state index contributed by atoms with van der Waals surface area (Å²) in [7, 11) is 1.23. The SMILES string of the molecule is COC(=O)c1cccc(C=NNC(=O)c2ccc(C)cc2)c1O. The van der Waals surface area contributed by atoms with Crippen LogP contribution in [0.5, 0.6) is 5.75 Å². The van der Waals surface area contributed by atoms with E-state index in [0.717, 1.165) is 5.56 Å². The minimum Gasteiger partial charge on any atom is -0.506 e. The second-order valence-electron chi connectivity index (χ2n) is 4.80. The zero-order valence-electron chi connectivity index (χ0n) is 12.7. The lowest BCUT2D eigenvalue weighted by Gasteiger charge is -2.05. The highest BCUT2D eigenvalue weighted by atomic mass is 16.5. The van der Waals surface area contributed by atoms with Crippen LogP contribution in [-0.2, 0) is 4.74 Å². The van der Waals surface area contributed by atoms with E-state index in [1.807, 2.05) is 19.1 Å². The Labute approximate surface area is 133 Å². The number of carbonyl (C=O) groups excluding carboxylic acids is 2. The number of hydrazone groups is 1. The molecule has 0 heterocycles. The van der Waals surface area contributed by atoms with Crippen LogP contribution in [0.25, 0.3) is 0 Å². The first-order chi connectivity index (χ1) is 11.0. The molecule has 0 saturated carbocycles. The summed E-state index contributed by atoms with van der Waals surface area (Å²) >= 11 is 0. The first kappa shape index (κ1) is 16.2. The van der Waals surface area contributed by atoms with Gasteiger partial charge in [-0.25, -0.2) is 10.2 Å². The Morgan fingerprint density at radius 1 is 1.17 bits per heavy atom. The van der Waals surface area contributed by atoms with E-state index in [2.05, 4.69) is 15.3 Å². The zero-order chi connectivity index (χ0) is 16.8. The van der Waals surface area contributed by atoms with E-state index in [0.29, 0.717) is 5.56 Å². The van der Waals surface area contributed by atoms with Crippen molar-refractivity contribution in [1.82, 2.24) is 5.43 Å². The average Bonchev–Trinajstić information content (AvgIpc) is 2.56. The number of para-hydroxylation sites is 1. The number of esters is 1. The first-order valence-electron chi connectivity index (χ1n) is 6.83. The molecule has 118 valence electrons. The molecule has 0 aliphatic rings. The molecule has 6 heteroatoms. The van der Waals surface area contributed by atoms with Crippen LogP contribution in [0.1, 0.15) is 31.8 Å². The Hall–Kier alpha value is -3.15. The summed E-state index contributed by atoms with van der Waals surface area (Å²) in [4.78, 5) is 23.4. The van der Waals surface area contributed by atoms with Crippen molar-refractivity contribution in [2.45, 2.75) is 6.92 Å². The number of nitrogens with one attached hydrogen (secondary N) is 1. The van der Waals surface area contributed by atoms with Crippen LogP contribution < -0.4 is 5.43 Å². The number of phenolic OH excluding ortho intramolecular Hbond substituents is 1. The summed E-state index contributed by atoms with van der Waals surface area (Å²) in [5, 5.41) is 13.8. The summed E-state index contributed by atoms with van der Waals surface area (Å²) in [6, 6.07) is 11.6. The Morgan fingerprint density at radius 3 is 2.52 bits per heavy atom. The van der Waals surface area contributed by atoms with Crippen molar-refractivity contribution < 1.29 is 19.4 Å². The lowest BCUT2D eigenvalue weighted by Crippen LogP contribution is -2.17. The summed E-state index contributed by atoms with van der Waals surface area (Å²) in [5.41, 5.74) is 4.20. The fourth-order valence-corrected chi connectivity index (χ4v) is 1.87. The molecule has 0 radical (unpaired) electrons. The minimum atomic E-state index is -0.651. The smallest absolute Gasteiger partial charge is 0.341 e. The number of ether oxygens (including phenoxy) is 1. The molecule has 0 aliphatic heterocycles. The van der Waals surface area contributed by atoms with E-state index in [9.17, 15) is 14.7 Å². The number of aromatic hydroxyl groups is 1. The second-order valence-corrected chi connectivity index (χ2v) is 4.80. The molecule has 23 heavy (non-hydrogen) atoms. The quantitative estimate of drug-likeness (QED) is 0.515. The molecule has 0 atom stereocenters. The van der Waals surface area contributed by atoms with Crippen LogP contribution in [0.4, 0.5) is 0 Å². The van der Waals surface area contributed by atoms with E-state index < -0.39 is 5.97 Å². The highest BCUT2D eigenvalue weighted by Crippen LogP contribution is 2.21. The summed E-state index contributed by atoms with van der Waals surface area (Å²) in [5.74, 6) is -1.28. The normalized spacial score (nSPS) is 10.5. The molecule has 1 amide bonds. The Morgan fingerprint density at radius 2 is 1.87 bits per heavy atom. The second kappa shape index (κ2) is 7.22. The molecular weight excluding hydrogens is 296 g/mol. The van der Waals surface area contributed by atoms with E-state index in [4.69, 9.17) is 0 Å². The minimum absolute atomic E-state index is 0.0290. The molecule has 0 aliphatic carbocycles. The number of nitrogens with zero attached hydrogens (tertiary/aromatic N) is 1. The number of benzene rings is 2. The number of methoxy groups -OCH3 is 1. The van der Waals surface area contributed by atoms with Crippen molar-refractivity contribution in [2.24, 2.45) is 5.10 Å². The molecule has 2 N–H and O–H groups in total. The largest absolute Gasteiger partial charge is 0.506 e. The summed E-state index contributed by atoms with van der Waals surface area (Å²) in [6.45, 7) is 1.93. The average molecular weight is 312 g/mol. The van der Waals surface area contributed by atoms with Gasteiger partial charge in [0, 0.05) is 11.1 Å². The van der Waals surface area contributed by atoms with Gasteiger partial charge >= 0.3 is 5.97 Å². The fraction of sp³-hybridized carbons (Fsp3) is 0.118. The van der Waals surface area contributed by atoms with Crippen LogP contribution in [0.3, 0.4) is 0 Å². The highest BCUT2D eigenvalue weighted by Gasteiger charge is 2.13. The first-order valence-corrected chi connectivity index (χ1v) is 6.83. The van der Waals surface area contributed by atoms with Crippen LogP contribution in [0.2, 0.25) is 0 Å². The van der Waals surface area contributed by atoms with Gasteiger partial charge in [-0.05, 0) is 31.2 Å². The molecule has 2 aromatic rings. The van der Waals surface area contributed by atoms with Gasteiger partial charge in [-0.15, -0.1) is 0 Å². The van der Waals surface area contributed by atoms with Gasteiger partial charge in [-0.1, -0.05) is 23.8 Å². The van der Waals surface area contributed by atoms with Crippen LogP contribution >= 0.6 is 0 Å². The number of rotatable bonds is 4. The van der Waals surface area contributed by atoms with Gasteiger partial charge in [-0.2, -0.15) is 5.10 Å². The van der Waals surface area contributed by atoms with Crippen LogP contribution in [0, 0.1) is 6.92 Å². The van der Waals surface area contributed by atoms with Gasteiger partial charge in [0.2, 0.25) is 0 Å². The Balaban J connectivity index is 2.10. The molecule has 0 saturated heterocycles. The molecule has 0 unspecified atom stereocenters. The molecule has 0 fully saturated rings. The summed E-state index contributed by atoms with van der Waals surface area (Å²) < 4.78 is 4.57. The number of aryl methyl sites for hydroxylation is 1. The Kier molecular flexibility index (Phi) is 5.09.